The summed E-state index contributed by atoms with van der Waals surface area (Å²) in [6.07, 6.45) is 6.03. The zero-order valence-electron chi connectivity index (χ0n) is 5.51. The van der Waals surface area contributed by atoms with Gasteiger partial charge in [-0.2, -0.15) is 0 Å². The lowest BCUT2D eigenvalue weighted by Gasteiger charge is -1.90. The summed E-state index contributed by atoms with van der Waals surface area (Å²) < 4.78 is 0. The lowest BCUT2D eigenvalue weighted by molar-refractivity contribution is 1.27. The minimum Gasteiger partial charge on any atom is -0.272 e. The minimum atomic E-state index is 0.808. The summed E-state index contributed by atoms with van der Waals surface area (Å²) in [4.78, 5) is 3.59. The van der Waals surface area contributed by atoms with E-state index < -0.39 is 0 Å². The van der Waals surface area contributed by atoms with E-state index in [0.29, 0.717) is 0 Å². The molecular weight excluding hydrogens is 110 g/mol. The lowest BCUT2D eigenvalue weighted by Crippen LogP contribution is -1.70. The Bertz CT molecular complexity index is 143. The average Bonchev–Trinajstić information content (AvgIpc) is 1.88. The highest BCUT2D eigenvalue weighted by Gasteiger charge is 1.82. The van der Waals surface area contributed by atoms with Crippen LogP contribution in [-0.4, -0.2) is 6.72 Å². The van der Waals surface area contributed by atoms with Crippen LogP contribution in [0.25, 0.3) is 0 Å². The number of allylic oxidation sites excluding steroid dienone is 3. The van der Waals surface area contributed by atoms with Crippen LogP contribution in [0.3, 0.4) is 0 Å². The van der Waals surface area contributed by atoms with E-state index in [2.05, 4.69) is 24.9 Å². The van der Waals surface area contributed by atoms with Crippen molar-refractivity contribution in [2.75, 3.05) is 0 Å². The molecule has 0 amide bonds. The van der Waals surface area contributed by atoms with E-state index in [-0.39, 0.29) is 0 Å². The Morgan fingerprint density at radius 1 is 1.44 bits per heavy atom. The molecule has 0 spiro atoms. The second-order valence-electron chi connectivity index (χ2n) is 1.58. The molecule has 0 heterocycles. The van der Waals surface area contributed by atoms with E-state index in [1.807, 2.05) is 0 Å². The number of aliphatic imine (C=N–C) groups is 1. The second kappa shape index (κ2) is 5.04. The highest BCUT2D eigenvalue weighted by molar-refractivity contribution is 5.29. The maximum Gasteiger partial charge on any atom is 0.0295 e. The van der Waals surface area contributed by atoms with Gasteiger partial charge in [-0.25, -0.2) is 0 Å². The van der Waals surface area contributed by atoms with Crippen molar-refractivity contribution >= 4 is 6.72 Å². The van der Waals surface area contributed by atoms with Gasteiger partial charge in [0.15, 0.2) is 0 Å². The summed E-state index contributed by atoms with van der Waals surface area (Å²) in [5.74, 6) is 0. The van der Waals surface area contributed by atoms with Gasteiger partial charge in [-0.1, -0.05) is 18.7 Å². The monoisotopic (exact) mass is 121 g/mol. The third kappa shape index (κ3) is 3.47. The van der Waals surface area contributed by atoms with Crippen LogP contribution in [0.15, 0.2) is 42.1 Å². The third-order valence-corrected chi connectivity index (χ3v) is 0.899. The number of nitrogens with zero attached hydrogens (tertiary/aromatic N) is 1. The summed E-state index contributed by atoms with van der Waals surface area (Å²) in [6, 6.07) is 0. The van der Waals surface area contributed by atoms with Gasteiger partial charge in [0, 0.05) is 6.20 Å². The van der Waals surface area contributed by atoms with Crippen molar-refractivity contribution in [3.63, 3.8) is 0 Å². The highest BCUT2D eigenvalue weighted by atomic mass is 14.6. The van der Waals surface area contributed by atoms with Crippen LogP contribution in [0.4, 0.5) is 0 Å². The van der Waals surface area contributed by atoms with Crippen LogP contribution >= 0.6 is 0 Å². The Balaban J connectivity index is 3.95. The minimum absolute atomic E-state index is 0.808. The predicted molar refractivity (Wildman–Crippen MR) is 42.6 cm³/mol. The maximum atomic E-state index is 3.59. The van der Waals surface area contributed by atoms with Crippen molar-refractivity contribution in [2.45, 2.75) is 6.42 Å². The first-order valence-corrected chi connectivity index (χ1v) is 2.73. The first-order valence-electron chi connectivity index (χ1n) is 2.73. The van der Waals surface area contributed by atoms with Crippen molar-refractivity contribution < 1.29 is 0 Å². The molecule has 0 rings (SSSR count). The van der Waals surface area contributed by atoms with Gasteiger partial charge in [0.25, 0.3) is 0 Å². The van der Waals surface area contributed by atoms with Crippen molar-refractivity contribution in [2.24, 2.45) is 4.99 Å². The SMILES string of the molecule is C=CC/C(C=C)=C/N=C. The highest BCUT2D eigenvalue weighted by Crippen LogP contribution is 2.01. The van der Waals surface area contributed by atoms with Gasteiger partial charge in [0.05, 0.1) is 0 Å². The fraction of sp³-hybridized carbons (Fsp3) is 0.125. The van der Waals surface area contributed by atoms with Gasteiger partial charge in [0.2, 0.25) is 0 Å². The van der Waals surface area contributed by atoms with Gasteiger partial charge in [-0.05, 0) is 18.7 Å². The van der Waals surface area contributed by atoms with E-state index in [0.717, 1.165) is 12.0 Å². The fourth-order valence-electron chi connectivity index (χ4n) is 0.473. The van der Waals surface area contributed by atoms with Crippen LogP contribution in [0, 0.1) is 0 Å². The molecule has 9 heavy (non-hydrogen) atoms. The molecule has 0 N–H and O–H groups in total. The molecule has 0 aliphatic carbocycles. The fourth-order valence-corrected chi connectivity index (χ4v) is 0.473. The summed E-state index contributed by atoms with van der Waals surface area (Å²) in [5, 5.41) is 0. The number of rotatable bonds is 4. The van der Waals surface area contributed by atoms with Crippen LogP contribution in [0.2, 0.25) is 0 Å². The molecule has 0 radical (unpaired) electrons. The lowest BCUT2D eigenvalue weighted by atomic mass is 10.2. The van der Waals surface area contributed by atoms with Gasteiger partial charge in [-0.15, -0.1) is 6.58 Å². The quantitative estimate of drug-likeness (QED) is 0.307. The van der Waals surface area contributed by atoms with Gasteiger partial charge >= 0.3 is 0 Å². The molecule has 0 aromatic carbocycles. The van der Waals surface area contributed by atoms with Crippen LogP contribution in [-0.2, 0) is 0 Å². The van der Waals surface area contributed by atoms with E-state index >= 15 is 0 Å². The normalized spacial score (nSPS) is 10.4. The zero-order valence-corrected chi connectivity index (χ0v) is 5.51. The molecule has 0 aromatic rings. The maximum absolute atomic E-state index is 3.59. The molecule has 0 aliphatic rings. The molecule has 0 saturated carbocycles. The van der Waals surface area contributed by atoms with Crippen LogP contribution in [0.5, 0.6) is 0 Å². The van der Waals surface area contributed by atoms with Crippen molar-refractivity contribution in [3.05, 3.63) is 37.1 Å². The average molecular weight is 121 g/mol. The molecule has 0 unspecified atom stereocenters. The van der Waals surface area contributed by atoms with E-state index in [1.54, 1.807) is 18.4 Å². The molecule has 0 bridgehead atoms. The Labute approximate surface area is 56.1 Å². The molecule has 0 atom stereocenters. The molecule has 0 fully saturated rings. The first-order chi connectivity index (χ1) is 4.35. The smallest absolute Gasteiger partial charge is 0.0295 e. The first kappa shape index (κ1) is 7.89. The van der Waals surface area contributed by atoms with E-state index in [1.165, 1.54) is 0 Å². The summed E-state index contributed by atoms with van der Waals surface area (Å²) in [7, 11) is 0. The third-order valence-electron chi connectivity index (χ3n) is 0.899. The largest absolute Gasteiger partial charge is 0.272 e. The predicted octanol–water partition coefficient (Wildman–Crippen LogP) is 2.33. The number of hydrogen-bond acceptors (Lipinski definition) is 1. The summed E-state index contributed by atoms with van der Waals surface area (Å²) in [5.41, 5.74) is 1.04. The summed E-state index contributed by atoms with van der Waals surface area (Å²) in [6.45, 7) is 10.5. The van der Waals surface area contributed by atoms with Crippen molar-refractivity contribution in [3.8, 4) is 0 Å². The molecule has 0 saturated heterocycles. The Morgan fingerprint density at radius 2 is 2.11 bits per heavy atom. The van der Waals surface area contributed by atoms with Crippen molar-refractivity contribution in [1.82, 2.24) is 0 Å². The Hall–Kier alpha value is -1.11. The topological polar surface area (TPSA) is 12.4 Å². The standard InChI is InChI=1S/C8H11N/c1-4-6-8(5-2)7-9-3/h4-5,7H,1-3,6H2/b8-7+. The van der Waals surface area contributed by atoms with Gasteiger partial charge < -0.3 is 0 Å². The molecule has 1 nitrogen and oxygen atoms in total. The van der Waals surface area contributed by atoms with E-state index in [9.17, 15) is 0 Å². The molecule has 0 aromatic heterocycles. The van der Waals surface area contributed by atoms with Crippen LogP contribution < -0.4 is 0 Å². The van der Waals surface area contributed by atoms with Gasteiger partial charge in [-0.3, -0.25) is 4.99 Å². The molecule has 0 aliphatic heterocycles. The van der Waals surface area contributed by atoms with E-state index in [4.69, 9.17) is 0 Å². The Kier molecular flexibility index (Phi) is 4.41. The summed E-state index contributed by atoms with van der Waals surface area (Å²) >= 11 is 0. The molecule has 48 valence electrons. The molecule has 1 heteroatoms. The Morgan fingerprint density at radius 3 is 2.44 bits per heavy atom. The van der Waals surface area contributed by atoms with Crippen LogP contribution in [0.1, 0.15) is 6.42 Å². The van der Waals surface area contributed by atoms with Crippen molar-refractivity contribution in [1.29, 1.82) is 0 Å². The second-order valence-corrected chi connectivity index (χ2v) is 1.58. The molecular formula is C8H11N. The van der Waals surface area contributed by atoms with Gasteiger partial charge in [0.1, 0.15) is 0 Å². The zero-order chi connectivity index (χ0) is 7.11. The number of hydrogen-bond donors (Lipinski definition) is 0.